The Bertz CT molecular complexity index is 964. The van der Waals surface area contributed by atoms with Crippen molar-refractivity contribution in [2.75, 3.05) is 56.7 Å². The van der Waals surface area contributed by atoms with Crippen LogP contribution in [0.5, 0.6) is 11.5 Å². The molecule has 0 bridgehead atoms. The van der Waals surface area contributed by atoms with Crippen LogP contribution in [0.2, 0.25) is 5.02 Å². The van der Waals surface area contributed by atoms with Crippen LogP contribution in [0.3, 0.4) is 0 Å². The first-order valence-electron chi connectivity index (χ1n) is 10.1. The summed E-state index contributed by atoms with van der Waals surface area (Å²) in [5.41, 5.74) is 1.25. The molecular weight excluding hydrogens is 422 g/mol. The standard InChI is InChI=1S/C22H24ClN3O5/c1-29-18-7-6-15(23)12-16(18)24-21(27)14-26-13-20(22(28)25-8-10-30-11-9-25)31-19-5-3-2-4-17(19)26/h2-7,12,20H,8-11,13-14H2,1H3,(H,24,27)/t20-/m0/s1. The molecule has 1 atom stereocenters. The molecule has 164 valence electrons. The number of morpholine rings is 1. The van der Waals surface area contributed by atoms with E-state index in [0.717, 1.165) is 5.69 Å². The molecule has 1 saturated heterocycles. The van der Waals surface area contributed by atoms with Crippen molar-refractivity contribution in [2.24, 2.45) is 0 Å². The van der Waals surface area contributed by atoms with Gasteiger partial charge in [0, 0.05) is 18.1 Å². The summed E-state index contributed by atoms with van der Waals surface area (Å²) >= 11 is 6.06. The SMILES string of the molecule is COc1ccc(Cl)cc1NC(=O)CN1C[C@@H](C(=O)N2CCOCC2)Oc2ccccc21. The molecule has 0 aliphatic carbocycles. The molecule has 0 unspecified atom stereocenters. The molecule has 2 heterocycles. The molecular formula is C22H24ClN3O5. The number of anilines is 2. The zero-order chi connectivity index (χ0) is 21.8. The molecule has 0 saturated carbocycles. The summed E-state index contributed by atoms with van der Waals surface area (Å²) in [6.07, 6.45) is -0.693. The van der Waals surface area contributed by atoms with Crippen LogP contribution in [0.4, 0.5) is 11.4 Å². The van der Waals surface area contributed by atoms with Gasteiger partial charge in [0.05, 0.1) is 44.8 Å². The van der Waals surface area contributed by atoms with Crippen LogP contribution in [0, 0.1) is 0 Å². The summed E-state index contributed by atoms with van der Waals surface area (Å²) in [6.45, 7) is 2.42. The molecule has 1 fully saturated rings. The van der Waals surface area contributed by atoms with Gasteiger partial charge in [-0.1, -0.05) is 23.7 Å². The number of benzene rings is 2. The van der Waals surface area contributed by atoms with E-state index in [4.69, 9.17) is 25.8 Å². The highest BCUT2D eigenvalue weighted by atomic mass is 35.5. The predicted molar refractivity (Wildman–Crippen MR) is 117 cm³/mol. The summed E-state index contributed by atoms with van der Waals surface area (Å²) in [5.74, 6) is 0.739. The van der Waals surface area contributed by atoms with Crippen LogP contribution in [0.1, 0.15) is 0 Å². The fourth-order valence-electron chi connectivity index (χ4n) is 3.71. The first-order valence-corrected chi connectivity index (χ1v) is 10.4. The second-order valence-corrected chi connectivity index (χ2v) is 7.72. The number of ether oxygens (including phenoxy) is 3. The van der Waals surface area contributed by atoms with Gasteiger partial charge < -0.3 is 29.3 Å². The highest BCUT2D eigenvalue weighted by molar-refractivity contribution is 6.31. The lowest BCUT2D eigenvalue weighted by molar-refractivity contribution is -0.142. The van der Waals surface area contributed by atoms with E-state index >= 15 is 0 Å². The monoisotopic (exact) mass is 445 g/mol. The second kappa shape index (κ2) is 9.45. The number of hydrogen-bond acceptors (Lipinski definition) is 6. The van der Waals surface area contributed by atoms with Gasteiger partial charge in [-0.05, 0) is 30.3 Å². The Labute approximate surface area is 185 Å². The van der Waals surface area contributed by atoms with Crippen LogP contribution < -0.4 is 19.7 Å². The number of para-hydroxylation sites is 2. The van der Waals surface area contributed by atoms with Crippen LogP contribution in [-0.4, -0.2) is 69.3 Å². The fourth-order valence-corrected chi connectivity index (χ4v) is 3.89. The van der Waals surface area contributed by atoms with Crippen LogP contribution in [0.25, 0.3) is 0 Å². The number of fused-ring (bicyclic) bond motifs is 1. The molecule has 2 aliphatic heterocycles. The minimum Gasteiger partial charge on any atom is -0.495 e. The quantitative estimate of drug-likeness (QED) is 0.761. The lowest BCUT2D eigenvalue weighted by Gasteiger charge is -2.38. The third-order valence-corrected chi connectivity index (χ3v) is 5.46. The van der Waals surface area contributed by atoms with E-state index in [9.17, 15) is 9.59 Å². The average molecular weight is 446 g/mol. The minimum atomic E-state index is -0.693. The fraction of sp³-hybridized carbons (Fsp3) is 0.364. The molecule has 9 heteroatoms. The van der Waals surface area contributed by atoms with Crippen molar-refractivity contribution in [2.45, 2.75) is 6.10 Å². The van der Waals surface area contributed by atoms with Crippen molar-refractivity contribution in [3.05, 3.63) is 47.5 Å². The Hall–Kier alpha value is -2.97. The van der Waals surface area contributed by atoms with Gasteiger partial charge in [-0.2, -0.15) is 0 Å². The van der Waals surface area contributed by atoms with E-state index in [2.05, 4.69) is 5.32 Å². The van der Waals surface area contributed by atoms with Crippen molar-refractivity contribution in [1.82, 2.24) is 4.90 Å². The van der Waals surface area contributed by atoms with E-state index in [0.29, 0.717) is 48.5 Å². The van der Waals surface area contributed by atoms with Gasteiger partial charge in [0.25, 0.3) is 5.91 Å². The Morgan fingerprint density at radius 3 is 2.74 bits per heavy atom. The van der Waals surface area contributed by atoms with Gasteiger partial charge in [-0.15, -0.1) is 0 Å². The number of amides is 2. The number of hydrogen-bond donors (Lipinski definition) is 1. The Morgan fingerprint density at radius 1 is 1.19 bits per heavy atom. The predicted octanol–water partition coefficient (Wildman–Crippen LogP) is 2.41. The van der Waals surface area contributed by atoms with Gasteiger partial charge in [-0.3, -0.25) is 9.59 Å². The molecule has 1 N–H and O–H groups in total. The molecule has 0 aromatic heterocycles. The van der Waals surface area contributed by atoms with E-state index in [-0.39, 0.29) is 24.9 Å². The van der Waals surface area contributed by atoms with E-state index < -0.39 is 6.10 Å². The first-order chi connectivity index (χ1) is 15.0. The Morgan fingerprint density at radius 2 is 1.97 bits per heavy atom. The third kappa shape index (κ3) is 4.86. The maximum Gasteiger partial charge on any atom is 0.265 e. The van der Waals surface area contributed by atoms with E-state index in [1.807, 2.05) is 23.1 Å². The highest BCUT2D eigenvalue weighted by Crippen LogP contribution is 2.34. The normalized spacial score (nSPS) is 18.1. The highest BCUT2D eigenvalue weighted by Gasteiger charge is 2.34. The maximum atomic E-state index is 13.0. The van der Waals surface area contributed by atoms with Crippen molar-refractivity contribution in [1.29, 1.82) is 0 Å². The first kappa shape index (κ1) is 21.3. The summed E-state index contributed by atoms with van der Waals surface area (Å²) in [4.78, 5) is 29.4. The van der Waals surface area contributed by atoms with Crippen LogP contribution in [-0.2, 0) is 14.3 Å². The van der Waals surface area contributed by atoms with Gasteiger partial charge >= 0.3 is 0 Å². The second-order valence-electron chi connectivity index (χ2n) is 7.29. The van der Waals surface area contributed by atoms with Gasteiger partial charge in [0.1, 0.15) is 11.5 Å². The number of nitrogens with zero attached hydrogens (tertiary/aromatic N) is 2. The van der Waals surface area contributed by atoms with Crippen molar-refractivity contribution >= 4 is 34.8 Å². The third-order valence-electron chi connectivity index (χ3n) is 5.23. The van der Waals surface area contributed by atoms with Crippen molar-refractivity contribution in [3.8, 4) is 11.5 Å². The summed E-state index contributed by atoms with van der Waals surface area (Å²) in [5, 5.41) is 3.33. The van der Waals surface area contributed by atoms with Gasteiger partial charge in [0.15, 0.2) is 6.10 Å². The average Bonchev–Trinajstić information content (AvgIpc) is 2.79. The molecule has 8 nitrogen and oxygen atoms in total. The molecule has 2 aromatic rings. The van der Waals surface area contributed by atoms with Gasteiger partial charge in [0.2, 0.25) is 5.91 Å². The van der Waals surface area contributed by atoms with Crippen LogP contribution >= 0.6 is 11.6 Å². The van der Waals surface area contributed by atoms with Crippen molar-refractivity contribution < 1.29 is 23.8 Å². The summed E-state index contributed by atoms with van der Waals surface area (Å²) in [6, 6.07) is 12.4. The lowest BCUT2D eigenvalue weighted by Crippen LogP contribution is -2.53. The summed E-state index contributed by atoms with van der Waals surface area (Å²) in [7, 11) is 1.53. The lowest BCUT2D eigenvalue weighted by atomic mass is 10.1. The van der Waals surface area contributed by atoms with Crippen LogP contribution in [0.15, 0.2) is 42.5 Å². The zero-order valence-electron chi connectivity index (χ0n) is 17.2. The zero-order valence-corrected chi connectivity index (χ0v) is 17.9. The van der Waals surface area contributed by atoms with E-state index in [1.165, 1.54) is 7.11 Å². The topological polar surface area (TPSA) is 80.3 Å². The number of rotatable bonds is 5. The van der Waals surface area contributed by atoms with E-state index in [1.54, 1.807) is 29.2 Å². The number of methoxy groups -OCH3 is 1. The molecule has 4 rings (SSSR count). The number of halogens is 1. The van der Waals surface area contributed by atoms with Crippen molar-refractivity contribution in [3.63, 3.8) is 0 Å². The smallest absolute Gasteiger partial charge is 0.265 e. The minimum absolute atomic E-state index is 0.0446. The molecule has 31 heavy (non-hydrogen) atoms. The number of carbonyl (C=O) groups is 2. The molecule has 0 radical (unpaired) electrons. The number of carbonyl (C=O) groups excluding carboxylic acids is 2. The molecule has 2 aliphatic rings. The molecule has 2 amide bonds. The Kier molecular flexibility index (Phi) is 6.48. The maximum absolute atomic E-state index is 13.0. The molecule has 0 spiro atoms. The van der Waals surface area contributed by atoms with Gasteiger partial charge in [-0.25, -0.2) is 0 Å². The number of nitrogens with one attached hydrogen (secondary N) is 1. The molecule has 2 aromatic carbocycles. The largest absolute Gasteiger partial charge is 0.495 e. The Balaban J connectivity index is 1.50. The summed E-state index contributed by atoms with van der Waals surface area (Å²) < 4.78 is 16.6.